The molecule has 0 amide bonds. The molecule has 0 bridgehead atoms. The van der Waals surface area contributed by atoms with E-state index in [4.69, 9.17) is 10.00 Å². The summed E-state index contributed by atoms with van der Waals surface area (Å²) in [6.45, 7) is 3.43. The van der Waals surface area contributed by atoms with Gasteiger partial charge in [-0.2, -0.15) is 5.26 Å². The third-order valence-corrected chi connectivity index (χ3v) is 2.44. The zero-order chi connectivity index (χ0) is 11.8. The summed E-state index contributed by atoms with van der Waals surface area (Å²) in [5, 5.41) is 12.2. The van der Waals surface area contributed by atoms with E-state index >= 15 is 0 Å². The molecule has 1 aromatic heterocycles. The van der Waals surface area contributed by atoms with Gasteiger partial charge in [0.25, 0.3) is 0 Å². The Morgan fingerprint density at radius 2 is 2.44 bits per heavy atom. The summed E-state index contributed by atoms with van der Waals surface area (Å²) in [7, 11) is 1.69. The van der Waals surface area contributed by atoms with Crippen LogP contribution in [0.25, 0.3) is 0 Å². The number of pyridine rings is 1. The molecular formula is C12H17N3O. The normalized spacial score (nSPS) is 12.1. The topological polar surface area (TPSA) is 57.9 Å². The lowest BCUT2D eigenvalue weighted by atomic mass is 10.1. The average Bonchev–Trinajstić information content (AvgIpc) is 2.34. The summed E-state index contributed by atoms with van der Waals surface area (Å²) < 4.78 is 5.10. The van der Waals surface area contributed by atoms with Gasteiger partial charge in [-0.3, -0.25) is 0 Å². The van der Waals surface area contributed by atoms with Gasteiger partial charge in [0.2, 0.25) is 0 Å². The van der Waals surface area contributed by atoms with Crippen molar-refractivity contribution in [3.8, 4) is 6.07 Å². The largest absolute Gasteiger partial charge is 0.383 e. The Labute approximate surface area is 96.3 Å². The molecular weight excluding hydrogens is 202 g/mol. The molecule has 1 aromatic rings. The molecule has 1 rings (SSSR count). The van der Waals surface area contributed by atoms with Gasteiger partial charge < -0.3 is 10.1 Å². The monoisotopic (exact) mass is 219 g/mol. The van der Waals surface area contributed by atoms with Crippen molar-refractivity contribution in [3.05, 3.63) is 29.6 Å². The molecule has 86 valence electrons. The molecule has 0 saturated heterocycles. The van der Waals surface area contributed by atoms with Gasteiger partial charge in [0.05, 0.1) is 6.61 Å². The SMILES string of the molecule is CCC(COC)NCc1cccnc1C#N. The van der Waals surface area contributed by atoms with Crippen molar-refractivity contribution in [2.75, 3.05) is 13.7 Å². The van der Waals surface area contributed by atoms with E-state index in [1.54, 1.807) is 13.3 Å². The number of aromatic nitrogens is 1. The van der Waals surface area contributed by atoms with Crippen LogP contribution in [0.1, 0.15) is 24.6 Å². The second-order valence-electron chi connectivity index (χ2n) is 3.56. The van der Waals surface area contributed by atoms with Gasteiger partial charge in [0, 0.05) is 31.5 Å². The van der Waals surface area contributed by atoms with Crippen LogP contribution in [-0.2, 0) is 11.3 Å². The van der Waals surface area contributed by atoms with E-state index in [1.165, 1.54) is 0 Å². The molecule has 0 aliphatic rings. The molecule has 0 aliphatic heterocycles. The Morgan fingerprint density at radius 3 is 3.06 bits per heavy atom. The third-order valence-electron chi connectivity index (χ3n) is 2.44. The molecule has 1 N–H and O–H groups in total. The summed E-state index contributed by atoms with van der Waals surface area (Å²) >= 11 is 0. The van der Waals surface area contributed by atoms with E-state index in [0.717, 1.165) is 12.0 Å². The van der Waals surface area contributed by atoms with Crippen molar-refractivity contribution in [3.63, 3.8) is 0 Å². The Morgan fingerprint density at radius 1 is 1.62 bits per heavy atom. The fourth-order valence-electron chi connectivity index (χ4n) is 1.46. The lowest BCUT2D eigenvalue weighted by Crippen LogP contribution is -2.32. The van der Waals surface area contributed by atoms with Gasteiger partial charge in [-0.05, 0) is 12.5 Å². The highest BCUT2D eigenvalue weighted by atomic mass is 16.5. The first kappa shape index (κ1) is 12.6. The lowest BCUT2D eigenvalue weighted by Gasteiger charge is -2.15. The molecule has 1 unspecified atom stereocenters. The van der Waals surface area contributed by atoms with E-state index in [9.17, 15) is 0 Å². The molecule has 1 atom stereocenters. The zero-order valence-electron chi connectivity index (χ0n) is 9.73. The minimum absolute atomic E-state index is 0.316. The van der Waals surface area contributed by atoms with Crippen molar-refractivity contribution in [2.24, 2.45) is 0 Å². The number of nitrogens with one attached hydrogen (secondary N) is 1. The van der Waals surface area contributed by atoms with E-state index in [-0.39, 0.29) is 0 Å². The predicted octanol–water partition coefficient (Wildman–Crippen LogP) is 1.47. The minimum Gasteiger partial charge on any atom is -0.383 e. The van der Waals surface area contributed by atoms with Crippen LogP contribution >= 0.6 is 0 Å². The van der Waals surface area contributed by atoms with Gasteiger partial charge in [-0.1, -0.05) is 13.0 Å². The lowest BCUT2D eigenvalue weighted by molar-refractivity contribution is 0.164. The van der Waals surface area contributed by atoms with Crippen LogP contribution in [0, 0.1) is 11.3 Å². The van der Waals surface area contributed by atoms with Gasteiger partial charge in [0.1, 0.15) is 11.8 Å². The summed E-state index contributed by atoms with van der Waals surface area (Å²) in [4.78, 5) is 4.01. The standard InChI is InChI=1S/C12H17N3O/c1-3-11(9-16-2)15-8-10-5-4-6-14-12(10)7-13/h4-6,11,15H,3,8-9H2,1-2H3. The van der Waals surface area contributed by atoms with Crippen LogP contribution in [0.15, 0.2) is 18.3 Å². The smallest absolute Gasteiger partial charge is 0.144 e. The molecule has 16 heavy (non-hydrogen) atoms. The van der Waals surface area contributed by atoms with Crippen LogP contribution in [0.5, 0.6) is 0 Å². The molecule has 1 heterocycles. The molecule has 4 heteroatoms. The summed E-state index contributed by atoms with van der Waals surface area (Å²) in [5.41, 5.74) is 1.42. The van der Waals surface area contributed by atoms with Crippen molar-refractivity contribution >= 4 is 0 Å². The molecule has 0 spiro atoms. The number of ether oxygens (including phenoxy) is 1. The van der Waals surface area contributed by atoms with Crippen LogP contribution in [0.2, 0.25) is 0 Å². The first-order valence-electron chi connectivity index (χ1n) is 5.38. The summed E-state index contributed by atoms with van der Waals surface area (Å²) in [6, 6.07) is 6.16. The van der Waals surface area contributed by atoms with E-state index in [0.29, 0.717) is 24.9 Å². The first-order chi connectivity index (χ1) is 7.81. The molecule has 0 aliphatic carbocycles. The molecule has 0 aromatic carbocycles. The second kappa shape index (κ2) is 6.94. The van der Waals surface area contributed by atoms with Crippen LogP contribution in [0.3, 0.4) is 0 Å². The van der Waals surface area contributed by atoms with E-state index in [1.807, 2.05) is 12.1 Å². The van der Waals surface area contributed by atoms with Crippen LogP contribution in [0.4, 0.5) is 0 Å². The maximum atomic E-state index is 8.88. The number of methoxy groups -OCH3 is 1. The maximum Gasteiger partial charge on any atom is 0.144 e. The fraction of sp³-hybridized carbons (Fsp3) is 0.500. The Bertz CT molecular complexity index is 360. The Hall–Kier alpha value is -1.44. The molecule has 0 radical (unpaired) electrons. The van der Waals surface area contributed by atoms with Crippen molar-refractivity contribution in [1.82, 2.24) is 10.3 Å². The Kier molecular flexibility index (Phi) is 5.48. The van der Waals surface area contributed by atoms with Gasteiger partial charge in [-0.15, -0.1) is 0 Å². The number of nitrogens with zero attached hydrogens (tertiary/aromatic N) is 2. The second-order valence-corrected chi connectivity index (χ2v) is 3.56. The van der Waals surface area contributed by atoms with E-state index < -0.39 is 0 Å². The highest BCUT2D eigenvalue weighted by molar-refractivity contribution is 5.30. The molecule has 0 fully saturated rings. The third kappa shape index (κ3) is 3.61. The number of nitriles is 1. The average molecular weight is 219 g/mol. The van der Waals surface area contributed by atoms with Gasteiger partial charge in [-0.25, -0.2) is 4.98 Å². The number of hydrogen-bond donors (Lipinski definition) is 1. The highest BCUT2D eigenvalue weighted by Crippen LogP contribution is 2.04. The fourth-order valence-corrected chi connectivity index (χ4v) is 1.46. The van der Waals surface area contributed by atoms with Crippen molar-refractivity contribution in [2.45, 2.75) is 25.9 Å². The van der Waals surface area contributed by atoms with Crippen molar-refractivity contribution in [1.29, 1.82) is 5.26 Å². The van der Waals surface area contributed by atoms with Crippen molar-refractivity contribution < 1.29 is 4.74 Å². The molecule has 0 saturated carbocycles. The predicted molar refractivity (Wildman–Crippen MR) is 61.7 cm³/mol. The van der Waals surface area contributed by atoms with Gasteiger partial charge >= 0.3 is 0 Å². The quantitative estimate of drug-likeness (QED) is 0.787. The molecule has 4 nitrogen and oxygen atoms in total. The van der Waals surface area contributed by atoms with Crippen LogP contribution < -0.4 is 5.32 Å². The van der Waals surface area contributed by atoms with Gasteiger partial charge in [0.15, 0.2) is 0 Å². The highest BCUT2D eigenvalue weighted by Gasteiger charge is 2.07. The van der Waals surface area contributed by atoms with Crippen LogP contribution in [-0.4, -0.2) is 24.7 Å². The zero-order valence-corrected chi connectivity index (χ0v) is 9.73. The Balaban J connectivity index is 2.56. The minimum atomic E-state index is 0.316. The summed E-state index contributed by atoms with van der Waals surface area (Å²) in [6.07, 6.45) is 2.63. The maximum absolute atomic E-state index is 8.88. The summed E-state index contributed by atoms with van der Waals surface area (Å²) in [5.74, 6) is 0. The number of rotatable bonds is 6. The van der Waals surface area contributed by atoms with E-state index in [2.05, 4.69) is 23.3 Å². The number of hydrogen-bond acceptors (Lipinski definition) is 4. The first-order valence-corrected chi connectivity index (χ1v) is 5.38.